The third-order valence-electron chi connectivity index (χ3n) is 4.41. The summed E-state index contributed by atoms with van der Waals surface area (Å²) in [7, 11) is 1.18. The summed E-state index contributed by atoms with van der Waals surface area (Å²) in [5.74, 6) is -1.47. The van der Waals surface area contributed by atoms with E-state index in [0.717, 1.165) is 6.07 Å². The third kappa shape index (κ3) is 4.96. The van der Waals surface area contributed by atoms with Gasteiger partial charge >= 0.3 is 11.9 Å². The van der Waals surface area contributed by atoms with Crippen molar-refractivity contribution in [1.82, 2.24) is 9.47 Å². The molecule has 0 saturated carbocycles. The van der Waals surface area contributed by atoms with Crippen LogP contribution >= 0.6 is 0 Å². The van der Waals surface area contributed by atoms with Crippen LogP contribution in [0.2, 0.25) is 0 Å². The zero-order chi connectivity index (χ0) is 20.4. The fraction of sp³-hybridized carbons (Fsp3) is 0.579. The second-order valence-electron chi connectivity index (χ2n) is 7.58. The molecule has 8 heteroatoms. The van der Waals surface area contributed by atoms with Gasteiger partial charge in [0.05, 0.1) is 18.2 Å². The van der Waals surface area contributed by atoms with Crippen molar-refractivity contribution in [3.05, 3.63) is 33.7 Å². The second-order valence-corrected chi connectivity index (χ2v) is 7.58. The molecule has 0 aromatic carbocycles. The van der Waals surface area contributed by atoms with E-state index in [2.05, 4.69) is 0 Å². The molecule has 27 heavy (non-hydrogen) atoms. The Morgan fingerprint density at radius 2 is 1.67 bits per heavy atom. The summed E-state index contributed by atoms with van der Waals surface area (Å²) in [4.78, 5) is 50.4. The Balaban J connectivity index is 2.41. The first-order chi connectivity index (χ1) is 12.5. The van der Waals surface area contributed by atoms with Crippen LogP contribution in [-0.2, 0) is 14.3 Å². The molecule has 1 fully saturated rings. The molecule has 0 radical (unpaired) electrons. The number of piperidine rings is 1. The molecule has 2 rings (SSSR count). The Morgan fingerprint density at radius 3 is 2.15 bits per heavy atom. The van der Waals surface area contributed by atoms with Crippen LogP contribution in [0.4, 0.5) is 0 Å². The topological polar surface area (TPSA) is 94.9 Å². The van der Waals surface area contributed by atoms with Gasteiger partial charge in [-0.25, -0.2) is 9.59 Å². The van der Waals surface area contributed by atoms with Crippen LogP contribution in [0.5, 0.6) is 0 Å². The van der Waals surface area contributed by atoms with Crippen molar-refractivity contribution in [3.63, 3.8) is 0 Å². The molecule has 0 unspecified atom stereocenters. The summed E-state index contributed by atoms with van der Waals surface area (Å²) in [5.41, 5.74) is -1.28. The number of carbonyl (C=O) groups excluding carboxylic acids is 3. The van der Waals surface area contributed by atoms with Crippen molar-refractivity contribution >= 4 is 17.8 Å². The molecule has 0 bridgehead atoms. The fourth-order valence-electron chi connectivity index (χ4n) is 3.07. The molecule has 0 N–H and O–H groups in total. The van der Waals surface area contributed by atoms with Gasteiger partial charge in [0.15, 0.2) is 0 Å². The number of hydrogen-bond acceptors (Lipinski definition) is 6. The third-order valence-corrected chi connectivity index (χ3v) is 4.41. The average molecular weight is 378 g/mol. The molecule has 1 aliphatic rings. The highest BCUT2D eigenvalue weighted by atomic mass is 16.6. The number of likely N-dealkylation sites (tertiary alicyclic amines) is 1. The number of rotatable bonds is 3. The number of esters is 2. The minimum Gasteiger partial charge on any atom is -0.465 e. The molecule has 0 aliphatic carbocycles. The van der Waals surface area contributed by atoms with E-state index in [1.165, 1.54) is 24.8 Å². The van der Waals surface area contributed by atoms with Crippen LogP contribution in [0.25, 0.3) is 0 Å². The number of ether oxygens (including phenoxy) is 2. The quantitative estimate of drug-likeness (QED) is 0.744. The smallest absolute Gasteiger partial charge is 0.341 e. The van der Waals surface area contributed by atoms with Crippen LogP contribution in [0.1, 0.15) is 67.3 Å². The second kappa shape index (κ2) is 7.94. The molecule has 2 heterocycles. The van der Waals surface area contributed by atoms with E-state index in [1.54, 1.807) is 25.7 Å². The van der Waals surface area contributed by atoms with Crippen molar-refractivity contribution in [2.45, 2.75) is 52.2 Å². The number of aromatic nitrogens is 1. The lowest BCUT2D eigenvalue weighted by Crippen LogP contribution is -2.40. The number of amides is 1. The Kier molecular flexibility index (Phi) is 6.08. The summed E-state index contributed by atoms with van der Waals surface area (Å²) in [5, 5.41) is 0. The summed E-state index contributed by atoms with van der Waals surface area (Å²) in [6.07, 6.45) is 2.55. The van der Waals surface area contributed by atoms with Crippen molar-refractivity contribution in [2.75, 3.05) is 20.2 Å². The van der Waals surface area contributed by atoms with Gasteiger partial charge in [0.25, 0.3) is 5.56 Å². The first kappa shape index (κ1) is 20.7. The zero-order valence-corrected chi connectivity index (χ0v) is 16.4. The highest BCUT2D eigenvalue weighted by molar-refractivity contribution is 6.02. The summed E-state index contributed by atoms with van der Waals surface area (Å²) < 4.78 is 11.5. The van der Waals surface area contributed by atoms with E-state index >= 15 is 0 Å². The molecular formula is C19H26N2O6. The van der Waals surface area contributed by atoms with Crippen LogP contribution in [-0.4, -0.2) is 53.1 Å². The Morgan fingerprint density at radius 1 is 1.07 bits per heavy atom. The maximum Gasteiger partial charge on any atom is 0.341 e. The monoisotopic (exact) mass is 378 g/mol. The molecule has 0 atom stereocenters. The molecule has 0 spiro atoms. The van der Waals surface area contributed by atoms with E-state index in [-0.39, 0.29) is 23.1 Å². The van der Waals surface area contributed by atoms with Crippen molar-refractivity contribution in [2.24, 2.45) is 0 Å². The predicted molar refractivity (Wildman–Crippen MR) is 97.7 cm³/mol. The Bertz CT molecular complexity index is 797. The van der Waals surface area contributed by atoms with E-state index in [1.807, 2.05) is 0 Å². The SMILES string of the molecule is COC(=O)c1cc(=O)n(C2CCN(C(C)=O)CC2)cc1C(=O)OC(C)(C)C. The largest absolute Gasteiger partial charge is 0.465 e. The lowest BCUT2D eigenvalue weighted by Gasteiger charge is -2.32. The number of methoxy groups -OCH3 is 1. The van der Waals surface area contributed by atoms with Crippen LogP contribution in [0, 0.1) is 0 Å². The lowest BCUT2D eigenvalue weighted by atomic mass is 10.0. The van der Waals surface area contributed by atoms with E-state index in [4.69, 9.17) is 9.47 Å². The van der Waals surface area contributed by atoms with Crippen molar-refractivity contribution < 1.29 is 23.9 Å². The van der Waals surface area contributed by atoms with Gasteiger partial charge in [-0.1, -0.05) is 0 Å². The zero-order valence-electron chi connectivity index (χ0n) is 16.4. The van der Waals surface area contributed by atoms with Gasteiger partial charge in [-0.2, -0.15) is 0 Å². The molecule has 148 valence electrons. The molecule has 1 aromatic rings. The van der Waals surface area contributed by atoms with Gasteiger partial charge in [-0.05, 0) is 33.6 Å². The van der Waals surface area contributed by atoms with Gasteiger partial charge in [-0.15, -0.1) is 0 Å². The van der Waals surface area contributed by atoms with Gasteiger partial charge in [0.1, 0.15) is 5.60 Å². The van der Waals surface area contributed by atoms with Gasteiger partial charge in [0, 0.05) is 38.3 Å². The number of carbonyl (C=O) groups is 3. The van der Waals surface area contributed by atoms with E-state index in [0.29, 0.717) is 25.9 Å². The first-order valence-corrected chi connectivity index (χ1v) is 8.87. The average Bonchev–Trinajstić information content (AvgIpc) is 2.59. The van der Waals surface area contributed by atoms with Gasteiger partial charge < -0.3 is 18.9 Å². The Labute approximate surface area is 158 Å². The van der Waals surface area contributed by atoms with Crippen LogP contribution in [0.15, 0.2) is 17.1 Å². The summed E-state index contributed by atoms with van der Waals surface area (Å²) >= 11 is 0. The molecule has 1 aliphatic heterocycles. The minimum atomic E-state index is -0.772. The standard InChI is InChI=1S/C19H26N2O6/c1-12(22)20-8-6-13(7-9-20)21-11-15(18(25)27-19(2,3)4)14(10-16(21)23)17(24)26-5/h10-11,13H,6-9H2,1-5H3. The van der Waals surface area contributed by atoms with Crippen LogP contribution in [0.3, 0.4) is 0 Å². The lowest BCUT2D eigenvalue weighted by molar-refractivity contribution is -0.130. The summed E-state index contributed by atoms with van der Waals surface area (Å²) in [6, 6.07) is 0.948. The number of nitrogens with zero attached hydrogens (tertiary/aromatic N) is 2. The Hall–Kier alpha value is -2.64. The fourth-order valence-corrected chi connectivity index (χ4v) is 3.07. The minimum absolute atomic E-state index is 0.00344. The maximum absolute atomic E-state index is 12.6. The molecule has 1 amide bonds. The highest BCUT2D eigenvalue weighted by Crippen LogP contribution is 2.23. The normalized spacial score (nSPS) is 15.4. The van der Waals surface area contributed by atoms with Crippen LogP contribution < -0.4 is 5.56 Å². The predicted octanol–water partition coefficient (Wildman–Crippen LogP) is 1.77. The number of hydrogen-bond donors (Lipinski definition) is 0. The van der Waals surface area contributed by atoms with E-state index < -0.39 is 23.1 Å². The molecular weight excluding hydrogens is 352 g/mol. The highest BCUT2D eigenvalue weighted by Gasteiger charge is 2.28. The number of pyridine rings is 1. The van der Waals surface area contributed by atoms with Gasteiger partial charge in [0.2, 0.25) is 5.91 Å². The maximum atomic E-state index is 12.6. The first-order valence-electron chi connectivity index (χ1n) is 8.87. The van der Waals surface area contributed by atoms with E-state index in [9.17, 15) is 19.2 Å². The van der Waals surface area contributed by atoms with Crippen molar-refractivity contribution in [3.8, 4) is 0 Å². The molecule has 8 nitrogen and oxygen atoms in total. The summed E-state index contributed by atoms with van der Waals surface area (Å²) in [6.45, 7) is 7.74. The van der Waals surface area contributed by atoms with Crippen molar-refractivity contribution in [1.29, 1.82) is 0 Å². The van der Waals surface area contributed by atoms with Gasteiger partial charge in [-0.3, -0.25) is 9.59 Å². The molecule has 1 aromatic heterocycles. The molecule has 1 saturated heterocycles.